The summed E-state index contributed by atoms with van der Waals surface area (Å²) in [5, 5.41) is 10.6. The predicted octanol–water partition coefficient (Wildman–Crippen LogP) is 2.08. The van der Waals surface area contributed by atoms with Gasteiger partial charge in [-0.2, -0.15) is 0 Å². The lowest BCUT2D eigenvalue weighted by Gasteiger charge is -2.43. The van der Waals surface area contributed by atoms with Gasteiger partial charge in [0.05, 0.1) is 12.7 Å². The fraction of sp³-hybridized carbons (Fsp3) is 0.393. The molecule has 3 rings (SSSR count). The molecule has 1 aliphatic rings. The number of Topliss-reactive ketones (excluding diaryl/α,β-unsaturated/α-hetero) is 1. The molecule has 5 unspecified atom stereocenters. The first kappa shape index (κ1) is 31.7. The number of hydrogen-bond acceptors (Lipinski definition) is 14. The van der Waals surface area contributed by atoms with E-state index in [1.165, 1.54) is 19.2 Å². The second-order valence-corrected chi connectivity index (χ2v) is 8.89. The maximum Gasteiger partial charge on any atom is 0.305 e. The number of benzene rings is 2. The normalized spacial score (nSPS) is 21.3. The van der Waals surface area contributed by atoms with Gasteiger partial charge in [-0.3, -0.25) is 28.7 Å². The molecule has 0 aromatic heterocycles. The van der Waals surface area contributed by atoms with Crippen molar-refractivity contribution in [1.82, 2.24) is 0 Å². The van der Waals surface area contributed by atoms with E-state index >= 15 is 0 Å². The number of esters is 4. The summed E-state index contributed by atoms with van der Waals surface area (Å²) in [5.41, 5.74) is -0.0811. The first-order chi connectivity index (χ1) is 19.9. The molecule has 1 saturated heterocycles. The van der Waals surface area contributed by atoms with Crippen molar-refractivity contribution < 1.29 is 67.0 Å². The van der Waals surface area contributed by atoms with E-state index in [1.54, 1.807) is 24.3 Å². The van der Waals surface area contributed by atoms with E-state index in [0.29, 0.717) is 11.5 Å². The number of ether oxygens (including phenoxy) is 8. The monoisotopic (exact) mass is 590 g/mol. The minimum absolute atomic E-state index is 0.0728. The molecule has 226 valence electrons. The van der Waals surface area contributed by atoms with Crippen LogP contribution in [0.1, 0.15) is 38.1 Å². The zero-order chi connectivity index (χ0) is 31.0. The molecule has 14 nitrogen and oxygen atoms in total. The van der Waals surface area contributed by atoms with Crippen molar-refractivity contribution >= 4 is 29.7 Å². The van der Waals surface area contributed by atoms with Gasteiger partial charge in [-0.25, -0.2) is 0 Å². The molecular weight excluding hydrogens is 560 g/mol. The maximum absolute atomic E-state index is 12.7. The number of methoxy groups -OCH3 is 1. The number of aromatic hydroxyl groups is 1. The Morgan fingerprint density at radius 2 is 1.19 bits per heavy atom. The molecule has 0 saturated carbocycles. The summed E-state index contributed by atoms with van der Waals surface area (Å²) in [5.74, 6) is -3.41. The van der Waals surface area contributed by atoms with Crippen LogP contribution in [0.2, 0.25) is 0 Å². The molecule has 0 radical (unpaired) electrons. The minimum Gasteiger partial charge on any atom is -0.507 e. The number of rotatable bonds is 11. The molecule has 0 aliphatic carbocycles. The Bertz CT molecular complexity index is 1300. The van der Waals surface area contributed by atoms with Crippen molar-refractivity contribution in [2.24, 2.45) is 0 Å². The number of hydrogen-bond donors (Lipinski definition) is 1. The molecule has 14 heteroatoms. The molecule has 5 atom stereocenters. The van der Waals surface area contributed by atoms with Gasteiger partial charge in [-0.05, 0) is 36.4 Å². The van der Waals surface area contributed by atoms with Crippen LogP contribution in [0.5, 0.6) is 23.0 Å². The van der Waals surface area contributed by atoms with Crippen molar-refractivity contribution in [3.05, 3.63) is 48.0 Å². The van der Waals surface area contributed by atoms with Crippen LogP contribution in [-0.2, 0) is 42.9 Å². The quantitative estimate of drug-likeness (QED) is 0.228. The molecule has 1 N–H and O–H groups in total. The molecular formula is C28H30O14. The molecule has 2 aromatic rings. The number of phenols is 1. The summed E-state index contributed by atoms with van der Waals surface area (Å²) < 4.78 is 42.9. The maximum atomic E-state index is 12.7. The zero-order valence-corrected chi connectivity index (χ0v) is 23.4. The van der Waals surface area contributed by atoms with Crippen molar-refractivity contribution in [1.29, 1.82) is 0 Å². The molecule has 0 bridgehead atoms. The summed E-state index contributed by atoms with van der Waals surface area (Å²) >= 11 is 0. The third-order valence-electron chi connectivity index (χ3n) is 5.59. The SMILES string of the molecule is COc1ccc(OCC(=O)c2ccc(OC3OC(OC(C)=O)C(OC(C)=O)C(OC(C)=O)C3OC(C)=O)cc2O)cc1. The van der Waals surface area contributed by atoms with Crippen LogP contribution in [0.4, 0.5) is 0 Å². The molecule has 1 aliphatic heterocycles. The Balaban J connectivity index is 1.84. The van der Waals surface area contributed by atoms with Crippen molar-refractivity contribution in [3.8, 4) is 23.0 Å². The topological polar surface area (TPSA) is 179 Å². The van der Waals surface area contributed by atoms with Gasteiger partial charge in [-0.1, -0.05) is 0 Å². The van der Waals surface area contributed by atoms with Crippen LogP contribution in [-0.4, -0.2) is 79.4 Å². The van der Waals surface area contributed by atoms with Crippen molar-refractivity contribution in [3.63, 3.8) is 0 Å². The molecule has 42 heavy (non-hydrogen) atoms. The van der Waals surface area contributed by atoms with Crippen LogP contribution >= 0.6 is 0 Å². The Labute approximate surface area is 240 Å². The fourth-order valence-corrected chi connectivity index (χ4v) is 3.94. The van der Waals surface area contributed by atoms with E-state index < -0.39 is 66.3 Å². The minimum atomic E-state index is -1.64. The third kappa shape index (κ3) is 8.57. The Hall–Kier alpha value is -4.85. The summed E-state index contributed by atoms with van der Waals surface area (Å²) in [4.78, 5) is 60.1. The highest BCUT2D eigenvalue weighted by atomic mass is 16.8. The number of carbonyl (C=O) groups is 5. The number of phenolic OH excluding ortho intramolecular Hbond substituents is 1. The van der Waals surface area contributed by atoms with Gasteiger partial charge in [0.1, 0.15) is 23.0 Å². The largest absolute Gasteiger partial charge is 0.507 e. The summed E-state index contributed by atoms with van der Waals surface area (Å²) in [7, 11) is 1.52. The molecule has 1 fully saturated rings. The van der Waals surface area contributed by atoms with Crippen LogP contribution in [0, 0.1) is 0 Å². The molecule has 0 amide bonds. The van der Waals surface area contributed by atoms with Crippen LogP contribution < -0.4 is 14.2 Å². The first-order valence-electron chi connectivity index (χ1n) is 12.5. The van der Waals surface area contributed by atoms with Gasteiger partial charge in [0, 0.05) is 33.8 Å². The summed E-state index contributed by atoms with van der Waals surface area (Å²) in [6.45, 7) is 3.88. The average Bonchev–Trinajstić information content (AvgIpc) is 2.90. The predicted molar refractivity (Wildman–Crippen MR) is 139 cm³/mol. The standard InChI is InChI=1S/C28H30O14/c1-14(29)37-24-25(38-15(2)30)27(40-17(4)32)42-28(26(24)39-16(3)31)41-20-10-11-21(22(33)12-20)23(34)13-36-19-8-6-18(35-5)7-9-19/h6-12,24-28,33H,13H2,1-5H3. The van der Waals surface area contributed by atoms with Crippen LogP contribution in [0.3, 0.4) is 0 Å². The number of carbonyl (C=O) groups excluding carboxylic acids is 5. The highest BCUT2D eigenvalue weighted by Crippen LogP contribution is 2.33. The second-order valence-electron chi connectivity index (χ2n) is 8.89. The lowest BCUT2D eigenvalue weighted by Crippen LogP contribution is -2.63. The van der Waals surface area contributed by atoms with E-state index in [4.69, 9.17) is 37.9 Å². The van der Waals surface area contributed by atoms with Gasteiger partial charge in [0.15, 0.2) is 12.7 Å². The highest BCUT2D eigenvalue weighted by molar-refractivity contribution is 5.99. The average molecular weight is 591 g/mol. The van der Waals surface area contributed by atoms with Gasteiger partial charge >= 0.3 is 23.9 Å². The van der Waals surface area contributed by atoms with Crippen LogP contribution in [0.25, 0.3) is 0 Å². The molecule has 1 heterocycles. The van der Waals surface area contributed by atoms with Gasteiger partial charge in [0.2, 0.25) is 30.6 Å². The third-order valence-corrected chi connectivity index (χ3v) is 5.59. The highest BCUT2D eigenvalue weighted by Gasteiger charge is 2.54. The van der Waals surface area contributed by atoms with Gasteiger partial charge < -0.3 is 38.3 Å². The Morgan fingerprint density at radius 3 is 1.71 bits per heavy atom. The smallest absolute Gasteiger partial charge is 0.305 e. The van der Waals surface area contributed by atoms with Crippen molar-refractivity contribution in [2.75, 3.05) is 13.7 Å². The van der Waals surface area contributed by atoms with Gasteiger partial charge in [0.25, 0.3) is 0 Å². The zero-order valence-electron chi connectivity index (χ0n) is 23.4. The van der Waals surface area contributed by atoms with Crippen LogP contribution in [0.15, 0.2) is 42.5 Å². The number of ketones is 1. The Morgan fingerprint density at radius 1 is 0.690 bits per heavy atom. The summed E-state index contributed by atoms with van der Waals surface area (Å²) in [6.07, 6.45) is -7.82. The first-order valence-corrected chi connectivity index (χ1v) is 12.5. The van der Waals surface area contributed by atoms with Gasteiger partial charge in [-0.15, -0.1) is 0 Å². The van der Waals surface area contributed by atoms with E-state index in [9.17, 15) is 29.1 Å². The van der Waals surface area contributed by atoms with E-state index in [0.717, 1.165) is 33.8 Å². The van der Waals surface area contributed by atoms with Crippen molar-refractivity contribution in [2.45, 2.75) is 58.6 Å². The summed E-state index contributed by atoms with van der Waals surface area (Å²) in [6, 6.07) is 10.2. The van der Waals surface area contributed by atoms with E-state index in [-0.39, 0.29) is 17.9 Å². The van der Waals surface area contributed by atoms with E-state index in [1.807, 2.05) is 0 Å². The second kappa shape index (κ2) is 14.2. The lowest BCUT2D eigenvalue weighted by molar-refractivity contribution is -0.328. The molecule has 0 spiro atoms. The molecule has 2 aromatic carbocycles. The Kier molecular flexibility index (Phi) is 10.7. The van der Waals surface area contributed by atoms with E-state index in [2.05, 4.69) is 0 Å². The lowest BCUT2D eigenvalue weighted by atomic mass is 10.0. The fourth-order valence-electron chi connectivity index (χ4n) is 3.94.